The lowest BCUT2D eigenvalue weighted by atomic mass is 10.0. The third-order valence-electron chi connectivity index (χ3n) is 4.68. The minimum Gasteiger partial charge on any atom is -0.436 e. The number of rotatable bonds is 3. The lowest BCUT2D eigenvalue weighted by molar-refractivity contribution is -0.137. The Morgan fingerprint density at radius 3 is 2.48 bits per heavy atom. The first-order valence-corrected chi connectivity index (χ1v) is 9.39. The topological polar surface area (TPSA) is 65.2 Å². The molecule has 0 amide bonds. The first kappa shape index (κ1) is 19.3. The van der Waals surface area contributed by atoms with Gasteiger partial charge in [-0.15, -0.1) is 15.3 Å². The highest BCUT2D eigenvalue weighted by molar-refractivity contribution is 6.28. The number of hydrogen-bond donors (Lipinski definition) is 0. The first-order chi connectivity index (χ1) is 14.9. The quantitative estimate of drug-likeness (QED) is 0.354. The van der Waals surface area contributed by atoms with Gasteiger partial charge in [-0.2, -0.15) is 17.7 Å². The van der Waals surface area contributed by atoms with Crippen molar-refractivity contribution in [1.82, 2.24) is 24.8 Å². The smallest absolute Gasteiger partial charge is 0.416 e. The molecule has 0 bridgehead atoms. The second-order valence-corrected chi connectivity index (χ2v) is 6.95. The summed E-state index contributed by atoms with van der Waals surface area (Å²) in [5.41, 5.74) is 0.591. The van der Waals surface area contributed by atoms with Crippen molar-refractivity contribution in [3.8, 4) is 22.8 Å². The SMILES string of the molecule is FC(F)(F)c1ccc(-c2cccnc2)c(Oc2nn3c(Cl)nnc3c3ccccc23)c1. The molecule has 0 aliphatic carbocycles. The van der Waals surface area contributed by atoms with E-state index in [1.807, 2.05) is 0 Å². The van der Waals surface area contributed by atoms with Crippen LogP contribution >= 0.6 is 11.6 Å². The number of nitrogens with zero attached hydrogens (tertiary/aromatic N) is 5. The van der Waals surface area contributed by atoms with Gasteiger partial charge in [-0.3, -0.25) is 4.98 Å². The molecule has 154 valence electrons. The molecule has 0 saturated heterocycles. The molecule has 0 unspecified atom stereocenters. The van der Waals surface area contributed by atoms with Crippen LogP contribution in [0.15, 0.2) is 67.0 Å². The summed E-state index contributed by atoms with van der Waals surface area (Å²) >= 11 is 6.07. The lowest BCUT2D eigenvalue weighted by Crippen LogP contribution is -2.06. The van der Waals surface area contributed by atoms with Crippen molar-refractivity contribution < 1.29 is 17.9 Å². The van der Waals surface area contributed by atoms with Crippen molar-refractivity contribution in [2.75, 3.05) is 0 Å². The zero-order valence-electron chi connectivity index (χ0n) is 15.5. The van der Waals surface area contributed by atoms with Crippen molar-refractivity contribution in [2.24, 2.45) is 0 Å². The standard InChI is InChI=1S/C21H11ClF3N5O/c22-20-28-27-18-15-5-1-2-6-16(15)19(29-30(18)20)31-17-10-13(21(23,24)25)7-8-14(17)12-4-3-9-26-11-12/h1-11H. The Morgan fingerprint density at radius 2 is 1.74 bits per heavy atom. The predicted molar refractivity (Wildman–Crippen MR) is 108 cm³/mol. The third-order valence-corrected chi connectivity index (χ3v) is 4.92. The summed E-state index contributed by atoms with van der Waals surface area (Å²) < 4.78 is 47.4. The number of fused-ring (bicyclic) bond motifs is 3. The molecule has 0 saturated carbocycles. The highest BCUT2D eigenvalue weighted by atomic mass is 35.5. The number of pyridine rings is 1. The summed E-state index contributed by atoms with van der Waals surface area (Å²) in [5, 5.41) is 13.3. The van der Waals surface area contributed by atoms with Crippen LogP contribution in [-0.4, -0.2) is 24.8 Å². The summed E-state index contributed by atoms with van der Waals surface area (Å²) in [5.74, 6) is 0.0401. The highest BCUT2D eigenvalue weighted by Gasteiger charge is 2.31. The van der Waals surface area contributed by atoms with Crippen LogP contribution in [0, 0.1) is 0 Å². The Bertz CT molecular complexity index is 1420. The van der Waals surface area contributed by atoms with E-state index in [4.69, 9.17) is 16.3 Å². The second kappa shape index (κ2) is 7.21. The van der Waals surface area contributed by atoms with Gasteiger partial charge in [0.1, 0.15) is 5.75 Å². The molecule has 0 fully saturated rings. The summed E-state index contributed by atoms with van der Waals surface area (Å²) in [6.45, 7) is 0. The largest absolute Gasteiger partial charge is 0.436 e. The van der Waals surface area contributed by atoms with E-state index in [0.29, 0.717) is 27.5 Å². The fourth-order valence-corrected chi connectivity index (χ4v) is 3.41. The van der Waals surface area contributed by atoms with Gasteiger partial charge in [0.2, 0.25) is 11.2 Å². The number of ether oxygens (including phenoxy) is 1. The zero-order valence-corrected chi connectivity index (χ0v) is 16.3. The highest BCUT2D eigenvalue weighted by Crippen LogP contribution is 2.40. The van der Waals surface area contributed by atoms with Gasteiger partial charge in [-0.1, -0.05) is 24.3 Å². The lowest BCUT2D eigenvalue weighted by Gasteiger charge is -2.15. The maximum Gasteiger partial charge on any atom is 0.416 e. The van der Waals surface area contributed by atoms with Crippen molar-refractivity contribution in [3.05, 3.63) is 77.8 Å². The average molecular weight is 442 g/mol. The molecule has 5 aromatic rings. The minimum atomic E-state index is -4.54. The molecule has 3 aromatic heterocycles. The molecule has 31 heavy (non-hydrogen) atoms. The first-order valence-electron chi connectivity index (χ1n) is 9.01. The molecular weight excluding hydrogens is 431 g/mol. The van der Waals surface area contributed by atoms with Crippen molar-refractivity contribution in [1.29, 1.82) is 0 Å². The number of hydrogen-bond acceptors (Lipinski definition) is 5. The number of aromatic nitrogens is 5. The predicted octanol–water partition coefficient (Wildman–Crippen LogP) is 5.80. The molecule has 0 radical (unpaired) electrons. The van der Waals surface area contributed by atoms with E-state index in [-0.39, 0.29) is 16.9 Å². The van der Waals surface area contributed by atoms with E-state index in [9.17, 15) is 13.2 Å². The molecule has 2 aromatic carbocycles. The normalized spacial score (nSPS) is 11.9. The van der Waals surface area contributed by atoms with E-state index < -0.39 is 11.7 Å². The average Bonchev–Trinajstić information content (AvgIpc) is 3.14. The Morgan fingerprint density at radius 1 is 0.935 bits per heavy atom. The molecule has 0 aliphatic heterocycles. The molecule has 10 heteroatoms. The molecule has 0 atom stereocenters. The second-order valence-electron chi connectivity index (χ2n) is 6.61. The van der Waals surface area contributed by atoms with E-state index >= 15 is 0 Å². The minimum absolute atomic E-state index is 0.00197. The molecule has 6 nitrogen and oxygen atoms in total. The molecule has 3 heterocycles. The Balaban J connectivity index is 1.73. The number of alkyl halides is 3. The number of halogens is 4. The Labute approximate surface area is 177 Å². The van der Waals surface area contributed by atoms with Gasteiger partial charge in [-0.25, -0.2) is 0 Å². The van der Waals surface area contributed by atoms with Crippen molar-refractivity contribution >= 4 is 28.0 Å². The maximum atomic E-state index is 13.4. The molecule has 0 aliphatic rings. The van der Waals surface area contributed by atoms with Crippen LogP contribution in [0.25, 0.3) is 27.5 Å². The molecule has 0 spiro atoms. The van der Waals surface area contributed by atoms with E-state index in [0.717, 1.165) is 12.1 Å². The van der Waals surface area contributed by atoms with E-state index in [1.54, 1.807) is 48.8 Å². The summed E-state index contributed by atoms with van der Waals surface area (Å²) in [6.07, 6.45) is -1.42. The van der Waals surface area contributed by atoms with Gasteiger partial charge < -0.3 is 4.74 Å². The van der Waals surface area contributed by atoms with E-state index in [2.05, 4.69) is 20.3 Å². The van der Waals surface area contributed by atoms with Gasteiger partial charge in [0.05, 0.1) is 5.56 Å². The van der Waals surface area contributed by atoms with Crippen LogP contribution in [-0.2, 0) is 6.18 Å². The Hall–Kier alpha value is -3.72. The van der Waals surface area contributed by atoms with Crippen LogP contribution < -0.4 is 4.74 Å². The van der Waals surface area contributed by atoms with Crippen molar-refractivity contribution in [3.63, 3.8) is 0 Å². The maximum absolute atomic E-state index is 13.4. The van der Waals surface area contributed by atoms with Crippen LogP contribution in [0.3, 0.4) is 0 Å². The molecule has 5 rings (SSSR count). The summed E-state index contributed by atoms with van der Waals surface area (Å²) in [6, 6.07) is 13.8. The van der Waals surface area contributed by atoms with Crippen LogP contribution in [0.2, 0.25) is 5.28 Å². The van der Waals surface area contributed by atoms with Gasteiger partial charge in [-0.05, 0) is 41.9 Å². The van der Waals surface area contributed by atoms with Crippen molar-refractivity contribution in [2.45, 2.75) is 6.18 Å². The molecule has 0 N–H and O–H groups in total. The summed E-state index contributed by atoms with van der Waals surface area (Å²) in [7, 11) is 0. The van der Waals surface area contributed by atoms with Gasteiger partial charge >= 0.3 is 6.18 Å². The van der Waals surface area contributed by atoms with Crippen LogP contribution in [0.4, 0.5) is 13.2 Å². The Kier molecular flexibility index (Phi) is 4.48. The number of benzene rings is 2. The van der Waals surface area contributed by atoms with Gasteiger partial charge in [0.15, 0.2) is 5.65 Å². The monoisotopic (exact) mass is 441 g/mol. The van der Waals surface area contributed by atoms with E-state index in [1.165, 1.54) is 10.6 Å². The molecular formula is C21H11ClF3N5O. The zero-order chi connectivity index (χ0) is 21.6. The van der Waals surface area contributed by atoms with Crippen LogP contribution in [0.5, 0.6) is 11.6 Å². The third kappa shape index (κ3) is 3.42. The van der Waals surface area contributed by atoms with Gasteiger partial charge in [0.25, 0.3) is 0 Å². The van der Waals surface area contributed by atoms with Crippen LogP contribution in [0.1, 0.15) is 5.56 Å². The summed E-state index contributed by atoms with van der Waals surface area (Å²) in [4.78, 5) is 4.04. The van der Waals surface area contributed by atoms with Gasteiger partial charge in [0, 0.05) is 34.3 Å². The fraction of sp³-hybridized carbons (Fsp3) is 0.0476. The fourth-order valence-electron chi connectivity index (χ4n) is 3.25.